The summed E-state index contributed by atoms with van der Waals surface area (Å²) in [5.41, 5.74) is -1.35. The van der Waals surface area contributed by atoms with E-state index in [0.29, 0.717) is 0 Å². The molecule has 0 spiro atoms. The minimum atomic E-state index is -1.38. The summed E-state index contributed by atoms with van der Waals surface area (Å²) in [5.74, 6) is -3.42. The molecule has 0 saturated heterocycles. The van der Waals surface area contributed by atoms with E-state index < -0.39 is 28.9 Å². The third kappa shape index (κ3) is 1.95. The molecule has 1 N–H and O–H groups in total. The lowest BCUT2D eigenvalue weighted by atomic mass is 10.1. The molecule has 0 aliphatic heterocycles. The number of aromatic nitrogens is 1. The monoisotopic (exact) mass is 273 g/mol. The van der Waals surface area contributed by atoms with Gasteiger partial charge in [-0.2, -0.15) is 0 Å². The number of carbonyl (C=O) groups is 1. The van der Waals surface area contributed by atoms with Gasteiger partial charge >= 0.3 is 5.97 Å². The Labute approximate surface area is 105 Å². The summed E-state index contributed by atoms with van der Waals surface area (Å²) in [6.45, 7) is 1.34. The molecule has 0 saturated carbocycles. The zero-order chi connectivity index (χ0) is 13.4. The van der Waals surface area contributed by atoms with Crippen LogP contribution in [0.5, 0.6) is 0 Å². The quantitative estimate of drug-likeness (QED) is 0.912. The van der Waals surface area contributed by atoms with Gasteiger partial charge in [0.2, 0.25) is 0 Å². The van der Waals surface area contributed by atoms with E-state index in [0.717, 1.165) is 12.1 Å². The Hall–Kier alpha value is -1.95. The zero-order valence-corrected chi connectivity index (χ0v) is 9.76. The van der Waals surface area contributed by atoms with Gasteiger partial charge in [-0.1, -0.05) is 16.8 Å². The van der Waals surface area contributed by atoms with Crippen LogP contribution in [-0.2, 0) is 0 Å². The lowest BCUT2D eigenvalue weighted by Gasteiger charge is -2.03. The lowest BCUT2D eigenvalue weighted by molar-refractivity contribution is 0.0696. The summed E-state index contributed by atoms with van der Waals surface area (Å²) >= 11 is 5.48. The largest absolute Gasteiger partial charge is 0.477 e. The normalized spacial score (nSPS) is 10.7. The molecule has 0 aliphatic carbocycles. The van der Waals surface area contributed by atoms with Gasteiger partial charge in [0.1, 0.15) is 28.7 Å². The Morgan fingerprint density at radius 3 is 2.44 bits per heavy atom. The van der Waals surface area contributed by atoms with Crippen LogP contribution in [0.2, 0.25) is 5.02 Å². The maximum Gasteiger partial charge on any atom is 0.341 e. The Bertz CT molecular complexity index is 616. The predicted molar refractivity (Wildman–Crippen MR) is 58.6 cm³/mol. The average molecular weight is 274 g/mol. The Balaban J connectivity index is 2.74. The van der Waals surface area contributed by atoms with Gasteiger partial charge in [0.05, 0.1) is 5.56 Å². The Kier molecular flexibility index (Phi) is 3.04. The summed E-state index contributed by atoms with van der Waals surface area (Å²) in [4.78, 5) is 11.0. The lowest BCUT2D eigenvalue weighted by Crippen LogP contribution is -2.01. The van der Waals surface area contributed by atoms with E-state index in [1.165, 1.54) is 6.92 Å². The first-order valence-corrected chi connectivity index (χ1v) is 5.14. The van der Waals surface area contributed by atoms with Gasteiger partial charge in [0, 0.05) is 5.02 Å². The van der Waals surface area contributed by atoms with Crippen LogP contribution in [0.15, 0.2) is 16.7 Å². The van der Waals surface area contributed by atoms with Crippen LogP contribution in [0.3, 0.4) is 0 Å². The fourth-order valence-corrected chi connectivity index (χ4v) is 1.75. The minimum absolute atomic E-state index is 0.0359. The standard InChI is InChI=1S/C11H6ClF2NO3/c1-4-8(11(16)17)10(15-18-4)9-6(13)2-5(12)3-7(9)14/h2-3H,1H3,(H,16,17). The molecule has 7 heteroatoms. The molecule has 0 unspecified atom stereocenters. The molecule has 0 radical (unpaired) electrons. The molecular weight excluding hydrogens is 268 g/mol. The first-order chi connectivity index (χ1) is 8.41. The number of carboxylic acid groups (broad SMARTS) is 1. The summed E-state index contributed by atoms with van der Waals surface area (Å²) in [6.07, 6.45) is 0. The van der Waals surface area contributed by atoms with Crippen molar-refractivity contribution in [1.82, 2.24) is 5.16 Å². The highest BCUT2D eigenvalue weighted by molar-refractivity contribution is 6.30. The molecule has 2 aromatic rings. The van der Waals surface area contributed by atoms with Gasteiger partial charge in [-0.05, 0) is 19.1 Å². The Morgan fingerprint density at radius 1 is 1.39 bits per heavy atom. The van der Waals surface area contributed by atoms with Crippen LogP contribution < -0.4 is 0 Å². The molecule has 2 rings (SSSR count). The molecule has 94 valence electrons. The highest BCUT2D eigenvalue weighted by Crippen LogP contribution is 2.31. The number of halogens is 3. The van der Waals surface area contributed by atoms with Crippen molar-refractivity contribution in [2.45, 2.75) is 6.92 Å². The maximum atomic E-state index is 13.7. The SMILES string of the molecule is Cc1onc(-c2c(F)cc(Cl)cc2F)c1C(=O)O. The van der Waals surface area contributed by atoms with Crippen molar-refractivity contribution in [3.63, 3.8) is 0 Å². The second kappa shape index (κ2) is 4.38. The average Bonchev–Trinajstić information content (AvgIpc) is 2.58. The van der Waals surface area contributed by atoms with E-state index >= 15 is 0 Å². The van der Waals surface area contributed by atoms with Crippen molar-refractivity contribution in [2.75, 3.05) is 0 Å². The zero-order valence-electron chi connectivity index (χ0n) is 9.00. The van der Waals surface area contributed by atoms with Crippen molar-refractivity contribution in [3.8, 4) is 11.3 Å². The number of benzene rings is 1. The number of aryl methyl sites for hydroxylation is 1. The van der Waals surface area contributed by atoms with E-state index in [4.69, 9.17) is 16.7 Å². The number of hydrogen-bond acceptors (Lipinski definition) is 3. The second-order valence-corrected chi connectivity index (χ2v) is 3.95. The van der Waals surface area contributed by atoms with Gasteiger partial charge in [0.25, 0.3) is 0 Å². The van der Waals surface area contributed by atoms with Gasteiger partial charge in [-0.3, -0.25) is 0 Å². The highest BCUT2D eigenvalue weighted by atomic mass is 35.5. The van der Waals surface area contributed by atoms with Gasteiger partial charge in [-0.15, -0.1) is 0 Å². The molecule has 1 aromatic heterocycles. The number of rotatable bonds is 2. The third-order valence-electron chi connectivity index (χ3n) is 2.32. The second-order valence-electron chi connectivity index (χ2n) is 3.51. The maximum absolute atomic E-state index is 13.7. The van der Waals surface area contributed by atoms with Crippen molar-refractivity contribution in [3.05, 3.63) is 40.1 Å². The molecule has 0 aliphatic rings. The van der Waals surface area contributed by atoms with E-state index in [1.807, 2.05) is 0 Å². The van der Waals surface area contributed by atoms with E-state index in [9.17, 15) is 13.6 Å². The summed E-state index contributed by atoms with van der Waals surface area (Å²) in [5, 5.41) is 12.2. The van der Waals surface area contributed by atoms with Crippen molar-refractivity contribution in [2.24, 2.45) is 0 Å². The van der Waals surface area contributed by atoms with Crippen LogP contribution in [-0.4, -0.2) is 16.2 Å². The molecule has 0 fully saturated rings. The highest BCUT2D eigenvalue weighted by Gasteiger charge is 2.26. The Morgan fingerprint density at radius 2 is 1.94 bits per heavy atom. The smallest absolute Gasteiger partial charge is 0.341 e. The predicted octanol–water partition coefficient (Wildman–Crippen LogP) is 3.28. The molecule has 0 atom stereocenters. The van der Waals surface area contributed by atoms with Crippen LogP contribution >= 0.6 is 11.6 Å². The molecule has 18 heavy (non-hydrogen) atoms. The van der Waals surface area contributed by atoms with Crippen molar-refractivity contribution in [1.29, 1.82) is 0 Å². The fourth-order valence-electron chi connectivity index (χ4n) is 1.56. The number of nitrogens with zero attached hydrogens (tertiary/aromatic N) is 1. The van der Waals surface area contributed by atoms with E-state index in [1.54, 1.807) is 0 Å². The molecular formula is C11H6ClF2NO3. The third-order valence-corrected chi connectivity index (χ3v) is 2.54. The summed E-state index contributed by atoms with van der Waals surface area (Å²) in [6, 6.07) is 1.74. The van der Waals surface area contributed by atoms with E-state index in [-0.39, 0.29) is 16.3 Å². The van der Waals surface area contributed by atoms with E-state index in [2.05, 4.69) is 9.68 Å². The van der Waals surface area contributed by atoms with Crippen LogP contribution in [0, 0.1) is 18.6 Å². The molecule has 1 aromatic carbocycles. The molecule has 0 bridgehead atoms. The van der Waals surface area contributed by atoms with Crippen molar-refractivity contribution < 1.29 is 23.2 Å². The van der Waals surface area contributed by atoms with Gasteiger partial charge in [-0.25, -0.2) is 13.6 Å². The topological polar surface area (TPSA) is 63.3 Å². The van der Waals surface area contributed by atoms with Gasteiger partial charge in [0.15, 0.2) is 0 Å². The summed E-state index contributed by atoms with van der Waals surface area (Å²) < 4.78 is 32.0. The number of hydrogen-bond donors (Lipinski definition) is 1. The van der Waals surface area contributed by atoms with Crippen molar-refractivity contribution >= 4 is 17.6 Å². The first-order valence-electron chi connectivity index (χ1n) is 4.76. The molecule has 4 nitrogen and oxygen atoms in total. The van der Waals surface area contributed by atoms with Crippen LogP contribution in [0.25, 0.3) is 11.3 Å². The number of carboxylic acids is 1. The van der Waals surface area contributed by atoms with Gasteiger partial charge < -0.3 is 9.63 Å². The van der Waals surface area contributed by atoms with Crippen LogP contribution in [0.1, 0.15) is 16.1 Å². The molecule has 0 amide bonds. The van der Waals surface area contributed by atoms with Crippen LogP contribution in [0.4, 0.5) is 8.78 Å². The number of aromatic carboxylic acids is 1. The summed E-state index contributed by atoms with van der Waals surface area (Å²) in [7, 11) is 0. The fraction of sp³-hybridized carbons (Fsp3) is 0.0909. The minimum Gasteiger partial charge on any atom is -0.477 e. The first kappa shape index (κ1) is 12.5. The molecule has 1 heterocycles.